The molecule has 272 valence electrons. The lowest BCUT2D eigenvalue weighted by Crippen LogP contribution is -2.51. The number of carbonyl (C=O) groups is 1. The third-order valence-electron chi connectivity index (χ3n) is 10.2. The summed E-state index contributed by atoms with van der Waals surface area (Å²) in [4.78, 5) is 32.0. The van der Waals surface area contributed by atoms with E-state index in [2.05, 4.69) is 63.4 Å². The zero-order valence-corrected chi connectivity index (χ0v) is 29.6. The lowest BCUT2D eigenvalue weighted by atomic mass is 9.89. The molecule has 2 saturated heterocycles. The standard InChI is InChI=1S/C42H43N5O6/c1-29-39(27-45-20-22-46(23-21-45)37-15-17-38(18-16-37)47(50)51)52-42(53-40(29)33-9-7-30(28-48)8-10-33)34-13-11-32(12-14-34)35-5-2-4-31(24-35)25-44-41(49)36-6-3-19-43-26-36/h2-19,24,26,29,39-40,42,48H,20-23,25,27-28H2,1H3,(H,44,49)/t29-,39+,40+,42+/m1/s1. The second-order valence-corrected chi connectivity index (χ2v) is 13.6. The first-order valence-electron chi connectivity index (χ1n) is 17.9. The van der Waals surface area contributed by atoms with E-state index in [0.29, 0.717) is 12.1 Å². The maximum atomic E-state index is 12.5. The molecule has 4 aromatic carbocycles. The first-order chi connectivity index (χ1) is 25.8. The first-order valence-corrected chi connectivity index (χ1v) is 17.9. The summed E-state index contributed by atoms with van der Waals surface area (Å²) in [7, 11) is 0. The van der Waals surface area contributed by atoms with Gasteiger partial charge in [0.2, 0.25) is 0 Å². The minimum Gasteiger partial charge on any atom is -0.392 e. The van der Waals surface area contributed by atoms with E-state index in [1.807, 2.05) is 48.5 Å². The van der Waals surface area contributed by atoms with Crippen molar-refractivity contribution in [3.8, 4) is 11.1 Å². The summed E-state index contributed by atoms with van der Waals surface area (Å²) in [5.74, 6) is -0.111. The van der Waals surface area contributed by atoms with Crippen LogP contribution in [0, 0.1) is 16.0 Å². The van der Waals surface area contributed by atoms with Crippen LogP contribution in [0.25, 0.3) is 11.1 Å². The Balaban J connectivity index is 1.04. The van der Waals surface area contributed by atoms with Gasteiger partial charge in [-0.05, 0) is 58.1 Å². The number of benzene rings is 4. The number of aliphatic hydroxyl groups is 1. The van der Waals surface area contributed by atoms with Crippen molar-refractivity contribution >= 4 is 17.3 Å². The van der Waals surface area contributed by atoms with E-state index in [1.165, 1.54) is 0 Å². The zero-order chi connectivity index (χ0) is 36.7. The fourth-order valence-electron chi connectivity index (χ4n) is 7.03. The zero-order valence-electron chi connectivity index (χ0n) is 29.6. The van der Waals surface area contributed by atoms with Gasteiger partial charge >= 0.3 is 0 Å². The molecule has 11 nitrogen and oxygen atoms in total. The number of nitro benzene ring substituents is 1. The maximum absolute atomic E-state index is 12.5. The largest absolute Gasteiger partial charge is 0.392 e. The second kappa shape index (κ2) is 16.5. The summed E-state index contributed by atoms with van der Waals surface area (Å²) in [6, 6.07) is 34.6. The predicted octanol–water partition coefficient (Wildman–Crippen LogP) is 6.69. The molecule has 3 heterocycles. The van der Waals surface area contributed by atoms with Crippen molar-refractivity contribution in [1.29, 1.82) is 0 Å². The van der Waals surface area contributed by atoms with Crippen LogP contribution in [0.15, 0.2) is 122 Å². The minimum atomic E-state index is -0.580. The Morgan fingerprint density at radius 2 is 1.60 bits per heavy atom. The number of rotatable bonds is 11. The van der Waals surface area contributed by atoms with Gasteiger partial charge in [0.05, 0.1) is 29.3 Å². The highest BCUT2D eigenvalue weighted by Crippen LogP contribution is 2.42. The number of nitrogens with zero attached hydrogens (tertiary/aromatic N) is 4. The predicted molar refractivity (Wildman–Crippen MR) is 202 cm³/mol. The number of aromatic nitrogens is 1. The van der Waals surface area contributed by atoms with Crippen LogP contribution in [-0.2, 0) is 22.6 Å². The molecule has 0 aliphatic carbocycles. The number of nitro groups is 1. The van der Waals surface area contributed by atoms with Gasteiger partial charge in [-0.15, -0.1) is 0 Å². The molecular weight excluding hydrogens is 670 g/mol. The summed E-state index contributed by atoms with van der Waals surface area (Å²) in [6.07, 6.45) is 2.29. The summed E-state index contributed by atoms with van der Waals surface area (Å²) < 4.78 is 13.5. The van der Waals surface area contributed by atoms with E-state index in [1.54, 1.807) is 36.7 Å². The number of carbonyl (C=O) groups excluding carboxylic acids is 1. The number of hydrogen-bond donors (Lipinski definition) is 2. The van der Waals surface area contributed by atoms with Crippen LogP contribution in [0.2, 0.25) is 0 Å². The highest BCUT2D eigenvalue weighted by atomic mass is 16.7. The Morgan fingerprint density at radius 1 is 0.868 bits per heavy atom. The maximum Gasteiger partial charge on any atom is 0.269 e. The number of aliphatic hydroxyl groups excluding tert-OH is 1. The first kappa shape index (κ1) is 35.9. The van der Waals surface area contributed by atoms with Crippen LogP contribution in [-0.4, -0.2) is 64.6 Å². The molecule has 2 aliphatic heterocycles. The van der Waals surface area contributed by atoms with Crippen LogP contribution in [0.4, 0.5) is 11.4 Å². The molecule has 0 unspecified atom stereocenters. The SMILES string of the molecule is C[C@@H]1[C@H](CN2CCN(c3ccc([N+](=O)[O-])cc3)CC2)O[C@H](c2ccc(-c3cccc(CNC(=O)c4cccnc4)c3)cc2)O[C@@H]1c1ccc(CO)cc1. The molecule has 0 saturated carbocycles. The van der Waals surface area contributed by atoms with Crippen molar-refractivity contribution < 1.29 is 24.3 Å². The fraction of sp³-hybridized carbons (Fsp3) is 0.286. The van der Waals surface area contributed by atoms with E-state index in [0.717, 1.165) is 71.8 Å². The summed E-state index contributed by atoms with van der Waals surface area (Å²) >= 11 is 0. The van der Waals surface area contributed by atoms with E-state index < -0.39 is 6.29 Å². The number of hydrogen-bond acceptors (Lipinski definition) is 9. The fourth-order valence-corrected chi connectivity index (χ4v) is 7.03. The quantitative estimate of drug-likeness (QED) is 0.114. The highest BCUT2D eigenvalue weighted by Gasteiger charge is 2.39. The lowest BCUT2D eigenvalue weighted by Gasteiger charge is -2.44. The Bertz CT molecular complexity index is 1980. The summed E-state index contributed by atoms with van der Waals surface area (Å²) in [5, 5.41) is 23.7. The van der Waals surface area contributed by atoms with Gasteiger partial charge in [0.15, 0.2) is 6.29 Å². The smallest absolute Gasteiger partial charge is 0.269 e. The van der Waals surface area contributed by atoms with Crippen molar-refractivity contribution in [2.75, 3.05) is 37.6 Å². The normalized spacial score (nSPS) is 20.5. The number of non-ortho nitro benzene ring substituents is 1. The number of amides is 1. The van der Waals surface area contributed by atoms with E-state index in [9.17, 15) is 20.0 Å². The number of ether oxygens (including phenoxy) is 2. The molecule has 11 heteroatoms. The van der Waals surface area contributed by atoms with Gasteiger partial charge in [-0.25, -0.2) is 0 Å². The lowest BCUT2D eigenvalue weighted by molar-refractivity contribution is -0.384. The van der Waals surface area contributed by atoms with Crippen molar-refractivity contribution in [2.24, 2.45) is 5.92 Å². The Morgan fingerprint density at radius 3 is 2.28 bits per heavy atom. The third-order valence-corrected chi connectivity index (χ3v) is 10.2. The number of pyridine rings is 1. The summed E-state index contributed by atoms with van der Waals surface area (Å²) in [6.45, 7) is 6.59. The van der Waals surface area contributed by atoms with Crippen molar-refractivity contribution in [2.45, 2.75) is 38.6 Å². The van der Waals surface area contributed by atoms with Gasteiger partial charge in [0, 0.05) is 81.0 Å². The van der Waals surface area contributed by atoms with Gasteiger partial charge in [0.25, 0.3) is 11.6 Å². The van der Waals surface area contributed by atoms with Crippen molar-refractivity contribution in [3.63, 3.8) is 0 Å². The molecule has 4 atom stereocenters. The molecule has 0 bridgehead atoms. The van der Waals surface area contributed by atoms with Gasteiger partial charge in [-0.3, -0.25) is 24.8 Å². The monoisotopic (exact) mass is 713 g/mol. The average molecular weight is 714 g/mol. The van der Waals surface area contributed by atoms with Crippen molar-refractivity contribution in [1.82, 2.24) is 15.2 Å². The molecule has 2 N–H and O–H groups in total. The van der Waals surface area contributed by atoms with E-state index in [4.69, 9.17) is 9.47 Å². The summed E-state index contributed by atoms with van der Waals surface area (Å²) in [5.41, 5.74) is 7.48. The Hall–Kier alpha value is -5.46. The second-order valence-electron chi connectivity index (χ2n) is 13.6. The third kappa shape index (κ3) is 8.61. The molecule has 2 aliphatic rings. The average Bonchev–Trinajstić information content (AvgIpc) is 3.21. The number of piperazine rings is 1. The topological polar surface area (TPSA) is 130 Å². The van der Waals surface area contributed by atoms with Crippen molar-refractivity contribution in [3.05, 3.63) is 160 Å². The van der Waals surface area contributed by atoms with Gasteiger partial charge in [-0.1, -0.05) is 73.7 Å². The van der Waals surface area contributed by atoms with Gasteiger partial charge in [0.1, 0.15) is 0 Å². The van der Waals surface area contributed by atoms with Crippen LogP contribution in [0.1, 0.15) is 51.9 Å². The number of anilines is 1. The van der Waals surface area contributed by atoms with Crippen LogP contribution in [0.3, 0.4) is 0 Å². The molecule has 5 aromatic rings. The molecule has 1 amide bonds. The van der Waals surface area contributed by atoms with Gasteiger partial charge < -0.3 is 24.8 Å². The van der Waals surface area contributed by atoms with E-state index in [-0.39, 0.29) is 41.3 Å². The van der Waals surface area contributed by atoms with Crippen LogP contribution >= 0.6 is 0 Å². The van der Waals surface area contributed by atoms with E-state index >= 15 is 0 Å². The van der Waals surface area contributed by atoms with Crippen LogP contribution < -0.4 is 10.2 Å². The van der Waals surface area contributed by atoms with Gasteiger partial charge in [-0.2, -0.15) is 0 Å². The highest BCUT2D eigenvalue weighted by molar-refractivity contribution is 5.93. The molecule has 7 rings (SSSR count). The molecular formula is C42H43N5O6. The minimum absolute atomic E-state index is 0.0170. The Kier molecular flexibility index (Phi) is 11.2. The Labute approximate surface area is 309 Å². The molecule has 2 fully saturated rings. The molecule has 1 aromatic heterocycles. The number of nitrogens with one attached hydrogen (secondary N) is 1. The molecule has 0 radical (unpaired) electrons. The molecule has 53 heavy (non-hydrogen) atoms. The molecule has 0 spiro atoms. The van der Waals surface area contributed by atoms with Crippen LogP contribution in [0.5, 0.6) is 0 Å².